The van der Waals surface area contributed by atoms with Gasteiger partial charge in [0.1, 0.15) is 5.75 Å². The van der Waals surface area contributed by atoms with Crippen molar-refractivity contribution in [1.82, 2.24) is 9.80 Å². The molecule has 34 heavy (non-hydrogen) atoms. The van der Waals surface area contributed by atoms with Gasteiger partial charge < -0.3 is 25.0 Å². The van der Waals surface area contributed by atoms with Crippen molar-refractivity contribution < 1.29 is 24.2 Å². The van der Waals surface area contributed by atoms with Gasteiger partial charge >= 0.3 is 5.97 Å². The van der Waals surface area contributed by atoms with Crippen LogP contribution in [0.5, 0.6) is 5.75 Å². The number of carboxylic acids is 1. The standard InChI is InChI=1S/C25H32N4O5/c1-3-28(4-2)24(31)17-27-12-14-29(15-13-27)19-10-11-22(21(16-19)25(32)33)26-23(30)18-34-20-8-6-5-7-9-20/h5-11,16H,3-4,12-15,17-18H2,1-2H3,(H,26,30)(H,32,33). The van der Waals surface area contributed by atoms with Gasteiger partial charge in [0.25, 0.3) is 5.91 Å². The Morgan fingerprint density at radius 2 is 1.68 bits per heavy atom. The summed E-state index contributed by atoms with van der Waals surface area (Å²) >= 11 is 0. The van der Waals surface area contributed by atoms with Crippen LogP contribution in [0.1, 0.15) is 24.2 Å². The van der Waals surface area contributed by atoms with Gasteiger partial charge in [0.15, 0.2) is 6.61 Å². The molecule has 1 fully saturated rings. The summed E-state index contributed by atoms with van der Waals surface area (Å²) in [5, 5.41) is 12.3. The van der Waals surface area contributed by atoms with E-state index in [-0.39, 0.29) is 23.8 Å². The number of anilines is 2. The lowest BCUT2D eigenvalue weighted by Gasteiger charge is -2.36. The molecule has 182 valence electrons. The molecule has 1 heterocycles. The zero-order valence-corrected chi connectivity index (χ0v) is 19.7. The Morgan fingerprint density at radius 3 is 2.29 bits per heavy atom. The Labute approximate surface area is 199 Å². The zero-order chi connectivity index (χ0) is 24.5. The van der Waals surface area contributed by atoms with E-state index < -0.39 is 11.9 Å². The van der Waals surface area contributed by atoms with Crippen molar-refractivity contribution in [2.24, 2.45) is 0 Å². The smallest absolute Gasteiger partial charge is 0.337 e. The average Bonchev–Trinajstić information content (AvgIpc) is 2.85. The van der Waals surface area contributed by atoms with Gasteiger partial charge in [-0.1, -0.05) is 18.2 Å². The number of piperazine rings is 1. The molecule has 2 N–H and O–H groups in total. The number of amides is 2. The lowest BCUT2D eigenvalue weighted by molar-refractivity contribution is -0.132. The number of carbonyl (C=O) groups is 3. The van der Waals surface area contributed by atoms with Gasteiger partial charge in [0.2, 0.25) is 5.91 Å². The number of ether oxygens (including phenoxy) is 1. The van der Waals surface area contributed by atoms with Gasteiger partial charge in [0, 0.05) is 45.0 Å². The predicted octanol–water partition coefficient (Wildman–Crippen LogP) is 2.39. The van der Waals surface area contributed by atoms with E-state index in [1.807, 2.05) is 24.8 Å². The number of benzene rings is 2. The topological polar surface area (TPSA) is 102 Å². The number of rotatable bonds is 10. The molecule has 0 atom stereocenters. The SMILES string of the molecule is CCN(CC)C(=O)CN1CCN(c2ccc(NC(=O)COc3ccccc3)c(C(=O)O)c2)CC1. The Kier molecular flexibility index (Phi) is 8.86. The second kappa shape index (κ2) is 12.0. The van der Waals surface area contributed by atoms with E-state index >= 15 is 0 Å². The Hall–Kier alpha value is -3.59. The third kappa shape index (κ3) is 6.71. The van der Waals surface area contributed by atoms with Crippen LogP contribution in [0, 0.1) is 0 Å². The molecule has 0 aromatic heterocycles. The van der Waals surface area contributed by atoms with Gasteiger partial charge in [0.05, 0.1) is 17.8 Å². The largest absolute Gasteiger partial charge is 0.484 e. The molecule has 0 unspecified atom stereocenters. The number of para-hydroxylation sites is 1. The van der Waals surface area contributed by atoms with Gasteiger partial charge in [-0.2, -0.15) is 0 Å². The highest BCUT2D eigenvalue weighted by Crippen LogP contribution is 2.25. The summed E-state index contributed by atoms with van der Waals surface area (Å²) in [5.41, 5.74) is 1.01. The molecule has 2 amide bonds. The first-order valence-electron chi connectivity index (χ1n) is 11.5. The number of carbonyl (C=O) groups excluding carboxylic acids is 2. The number of hydrogen-bond acceptors (Lipinski definition) is 6. The van der Waals surface area contributed by atoms with Crippen molar-refractivity contribution in [2.75, 3.05) is 62.6 Å². The molecule has 0 spiro atoms. The Morgan fingerprint density at radius 1 is 1.00 bits per heavy atom. The van der Waals surface area contributed by atoms with Crippen molar-refractivity contribution in [3.05, 3.63) is 54.1 Å². The third-order valence-corrected chi connectivity index (χ3v) is 5.83. The minimum atomic E-state index is -1.12. The average molecular weight is 469 g/mol. The summed E-state index contributed by atoms with van der Waals surface area (Å²) in [5.74, 6) is -0.873. The van der Waals surface area contributed by atoms with Crippen LogP contribution in [0.3, 0.4) is 0 Å². The number of aromatic carboxylic acids is 1. The van der Waals surface area contributed by atoms with E-state index in [0.717, 1.165) is 5.69 Å². The van der Waals surface area contributed by atoms with Crippen molar-refractivity contribution in [3.8, 4) is 5.75 Å². The molecule has 3 rings (SSSR count). The van der Waals surface area contributed by atoms with Crippen LogP contribution in [-0.4, -0.2) is 85.1 Å². The second-order valence-electron chi connectivity index (χ2n) is 8.01. The van der Waals surface area contributed by atoms with Crippen LogP contribution >= 0.6 is 0 Å². The Bertz CT molecular complexity index is 986. The number of carboxylic acid groups (broad SMARTS) is 1. The molecular weight excluding hydrogens is 436 g/mol. The number of nitrogens with one attached hydrogen (secondary N) is 1. The van der Waals surface area contributed by atoms with Crippen LogP contribution in [0.25, 0.3) is 0 Å². The fraction of sp³-hybridized carbons (Fsp3) is 0.400. The molecule has 2 aromatic rings. The molecule has 0 aliphatic carbocycles. The minimum Gasteiger partial charge on any atom is -0.484 e. The van der Waals surface area contributed by atoms with E-state index in [2.05, 4.69) is 15.1 Å². The van der Waals surface area contributed by atoms with E-state index in [4.69, 9.17) is 4.74 Å². The van der Waals surface area contributed by atoms with Gasteiger partial charge in [-0.25, -0.2) is 4.79 Å². The third-order valence-electron chi connectivity index (χ3n) is 5.83. The lowest BCUT2D eigenvalue weighted by Crippen LogP contribution is -2.50. The fourth-order valence-electron chi connectivity index (χ4n) is 3.90. The molecule has 0 bridgehead atoms. The van der Waals surface area contributed by atoms with Crippen molar-refractivity contribution in [2.45, 2.75) is 13.8 Å². The van der Waals surface area contributed by atoms with Crippen LogP contribution in [0.4, 0.5) is 11.4 Å². The highest BCUT2D eigenvalue weighted by atomic mass is 16.5. The monoisotopic (exact) mass is 468 g/mol. The summed E-state index contributed by atoms with van der Waals surface area (Å²) in [6, 6.07) is 13.9. The predicted molar refractivity (Wildman–Crippen MR) is 131 cm³/mol. The first-order valence-corrected chi connectivity index (χ1v) is 11.5. The maximum atomic E-state index is 12.4. The van der Waals surface area contributed by atoms with E-state index in [9.17, 15) is 19.5 Å². The second-order valence-corrected chi connectivity index (χ2v) is 8.01. The highest BCUT2D eigenvalue weighted by Gasteiger charge is 2.22. The summed E-state index contributed by atoms with van der Waals surface area (Å²) in [6.45, 7) is 8.31. The van der Waals surface area contributed by atoms with Crippen LogP contribution in [0.2, 0.25) is 0 Å². The van der Waals surface area contributed by atoms with Crippen LogP contribution in [-0.2, 0) is 9.59 Å². The van der Waals surface area contributed by atoms with Crippen LogP contribution < -0.4 is 15.0 Å². The number of hydrogen-bond donors (Lipinski definition) is 2. The van der Waals surface area contributed by atoms with Crippen molar-refractivity contribution in [3.63, 3.8) is 0 Å². The molecule has 0 radical (unpaired) electrons. The van der Waals surface area contributed by atoms with Crippen molar-refractivity contribution >= 4 is 29.2 Å². The van der Waals surface area contributed by atoms with Crippen LogP contribution in [0.15, 0.2) is 48.5 Å². The molecule has 9 nitrogen and oxygen atoms in total. The van der Waals surface area contributed by atoms with E-state index in [1.54, 1.807) is 42.5 Å². The maximum absolute atomic E-state index is 12.4. The molecule has 0 saturated carbocycles. The molecule has 2 aromatic carbocycles. The normalized spacial score (nSPS) is 13.9. The summed E-state index contributed by atoms with van der Waals surface area (Å²) in [6.07, 6.45) is 0. The minimum absolute atomic E-state index is 0.0182. The molecule has 1 aliphatic heterocycles. The molecule has 1 aliphatic rings. The quantitative estimate of drug-likeness (QED) is 0.552. The highest BCUT2D eigenvalue weighted by molar-refractivity contribution is 6.01. The molecule has 1 saturated heterocycles. The zero-order valence-electron chi connectivity index (χ0n) is 19.7. The van der Waals surface area contributed by atoms with E-state index in [0.29, 0.717) is 51.6 Å². The molecule has 9 heteroatoms. The van der Waals surface area contributed by atoms with Gasteiger partial charge in [-0.15, -0.1) is 0 Å². The van der Waals surface area contributed by atoms with E-state index in [1.165, 1.54) is 0 Å². The van der Waals surface area contributed by atoms with Gasteiger partial charge in [-0.05, 0) is 44.2 Å². The summed E-state index contributed by atoms with van der Waals surface area (Å²) < 4.78 is 5.43. The maximum Gasteiger partial charge on any atom is 0.337 e. The first kappa shape index (κ1) is 25.0. The summed E-state index contributed by atoms with van der Waals surface area (Å²) in [7, 11) is 0. The number of nitrogens with zero attached hydrogens (tertiary/aromatic N) is 3. The molecular formula is C25H32N4O5. The Balaban J connectivity index is 1.58. The van der Waals surface area contributed by atoms with Crippen molar-refractivity contribution in [1.29, 1.82) is 0 Å². The fourth-order valence-corrected chi connectivity index (χ4v) is 3.90. The first-order chi connectivity index (χ1) is 16.4. The lowest BCUT2D eigenvalue weighted by atomic mass is 10.1. The number of likely N-dealkylation sites (N-methyl/N-ethyl adjacent to an activating group) is 1. The van der Waals surface area contributed by atoms with Gasteiger partial charge in [-0.3, -0.25) is 14.5 Å². The summed E-state index contributed by atoms with van der Waals surface area (Å²) in [4.78, 5) is 42.5.